The van der Waals surface area contributed by atoms with Crippen molar-refractivity contribution >= 4 is 18.5 Å². The molecule has 0 N–H and O–H groups in total. The zero-order valence-electron chi connectivity index (χ0n) is 13.7. The third-order valence-electron chi connectivity index (χ3n) is 3.12. The summed E-state index contributed by atoms with van der Waals surface area (Å²) in [6.45, 7) is 4.49. The molecule has 0 aliphatic rings. The van der Waals surface area contributed by atoms with Crippen LogP contribution >= 0.6 is 7.92 Å². The molecular weight excluding hydrogens is 480 g/mol. The Labute approximate surface area is 191 Å². The Morgan fingerprint density at radius 3 is 1.42 bits per heavy atom. The van der Waals surface area contributed by atoms with Crippen LogP contribution in [0.15, 0.2) is 72.1 Å². The molecule has 0 radical (unpaired) electrons. The van der Waals surface area contributed by atoms with Gasteiger partial charge in [0.25, 0.3) is 0 Å². The van der Waals surface area contributed by atoms with Crippen LogP contribution in [0.4, 0.5) is 0 Å². The molecule has 0 aliphatic heterocycles. The Hall–Kier alpha value is 0.653. The molecule has 0 spiro atoms. The average molecular weight is 501 g/mol. The second-order valence-corrected chi connectivity index (χ2v) is 6.74. The maximum Gasteiger partial charge on any atom is 4.00 e. The quantitative estimate of drug-likeness (QED) is 0.358. The zero-order valence-corrected chi connectivity index (χ0v) is 20.1. The molecule has 0 aromatic heterocycles. The van der Waals surface area contributed by atoms with Crippen molar-refractivity contribution in [1.82, 2.24) is 0 Å². The van der Waals surface area contributed by atoms with Crippen molar-refractivity contribution in [2.45, 2.75) is 26.7 Å². The Kier molecular flexibility index (Phi) is 24.9. The standard InChI is InChI=1S/C18H21P.4ClH.Zr/c1-3-11-16(4-2)19(17-12-7-5-8-13-17)18-14-9-6-10-15-18;;;;;/h5-15H,3-4H2,1-2H3;4*1H;/q;;;;;+4/p-4. The number of hydrogen-bond donors (Lipinski definition) is 0. The molecule has 0 nitrogen and oxygen atoms in total. The molecule has 0 unspecified atom stereocenters. The van der Waals surface area contributed by atoms with Gasteiger partial charge in [-0.05, 0) is 36.7 Å². The summed E-state index contributed by atoms with van der Waals surface area (Å²) in [4.78, 5) is 0. The molecule has 0 amide bonds. The first-order valence-electron chi connectivity index (χ1n) is 6.96. The minimum atomic E-state index is -0.359. The van der Waals surface area contributed by atoms with E-state index in [1.807, 2.05) is 0 Å². The van der Waals surface area contributed by atoms with Crippen molar-refractivity contribution in [3.05, 3.63) is 72.1 Å². The van der Waals surface area contributed by atoms with Crippen molar-refractivity contribution in [1.29, 1.82) is 0 Å². The maximum atomic E-state index is 2.41. The zero-order chi connectivity index (χ0) is 13.5. The normalized spacial score (nSPS) is 9.38. The number of halogens is 4. The van der Waals surface area contributed by atoms with Crippen LogP contribution in [-0.2, 0) is 26.2 Å². The molecule has 0 heterocycles. The summed E-state index contributed by atoms with van der Waals surface area (Å²) in [6, 6.07) is 21.8. The van der Waals surface area contributed by atoms with Crippen molar-refractivity contribution in [2.75, 3.05) is 0 Å². The second kappa shape index (κ2) is 18.4. The van der Waals surface area contributed by atoms with Gasteiger partial charge >= 0.3 is 26.2 Å². The summed E-state index contributed by atoms with van der Waals surface area (Å²) in [5, 5.41) is 4.48. The Morgan fingerprint density at radius 2 is 1.12 bits per heavy atom. The maximum absolute atomic E-state index is 2.41. The van der Waals surface area contributed by atoms with E-state index in [0.29, 0.717) is 0 Å². The van der Waals surface area contributed by atoms with Crippen LogP contribution in [0.2, 0.25) is 0 Å². The first kappa shape index (κ1) is 32.3. The van der Waals surface area contributed by atoms with Crippen LogP contribution in [0, 0.1) is 0 Å². The van der Waals surface area contributed by atoms with Gasteiger partial charge in [-0.3, -0.25) is 0 Å². The molecule has 0 bridgehead atoms. The van der Waals surface area contributed by atoms with Gasteiger partial charge < -0.3 is 49.6 Å². The van der Waals surface area contributed by atoms with E-state index < -0.39 is 0 Å². The number of rotatable bonds is 5. The first-order valence-corrected chi connectivity index (χ1v) is 8.30. The summed E-state index contributed by atoms with van der Waals surface area (Å²) in [5.74, 6) is 0. The summed E-state index contributed by atoms with van der Waals surface area (Å²) < 4.78 is 0. The fourth-order valence-corrected chi connectivity index (χ4v) is 4.85. The summed E-state index contributed by atoms with van der Waals surface area (Å²) in [5.41, 5.74) is 0. The summed E-state index contributed by atoms with van der Waals surface area (Å²) in [6.07, 6.45) is 4.65. The molecule has 0 saturated carbocycles. The van der Waals surface area contributed by atoms with Crippen LogP contribution < -0.4 is 60.2 Å². The van der Waals surface area contributed by atoms with Crippen LogP contribution in [0.3, 0.4) is 0 Å². The van der Waals surface area contributed by atoms with E-state index >= 15 is 0 Å². The van der Waals surface area contributed by atoms with E-state index in [2.05, 4.69) is 80.6 Å². The molecule has 6 heteroatoms. The van der Waals surface area contributed by atoms with Crippen LogP contribution in [0.5, 0.6) is 0 Å². The van der Waals surface area contributed by atoms with Crippen molar-refractivity contribution in [2.24, 2.45) is 0 Å². The van der Waals surface area contributed by atoms with Crippen molar-refractivity contribution in [3.63, 3.8) is 0 Å². The van der Waals surface area contributed by atoms with Gasteiger partial charge in [-0.1, -0.05) is 80.6 Å². The third-order valence-corrected chi connectivity index (χ3v) is 5.82. The average Bonchev–Trinajstić information content (AvgIpc) is 2.49. The molecular formula is C18H21Cl4PZr. The van der Waals surface area contributed by atoms with E-state index in [-0.39, 0.29) is 83.8 Å². The van der Waals surface area contributed by atoms with Gasteiger partial charge in [0.2, 0.25) is 0 Å². The molecule has 0 aliphatic carbocycles. The Bertz CT molecular complexity index is 496. The fourth-order valence-electron chi connectivity index (χ4n) is 2.26. The van der Waals surface area contributed by atoms with Gasteiger partial charge in [0.05, 0.1) is 0 Å². The van der Waals surface area contributed by atoms with E-state index in [4.69, 9.17) is 0 Å². The largest absolute Gasteiger partial charge is 4.00 e. The van der Waals surface area contributed by atoms with E-state index in [0.717, 1.165) is 12.8 Å². The monoisotopic (exact) mass is 498 g/mol. The fraction of sp³-hybridized carbons (Fsp3) is 0.222. The summed E-state index contributed by atoms with van der Waals surface area (Å²) in [7, 11) is -0.359. The smallest absolute Gasteiger partial charge is 1.00 e. The van der Waals surface area contributed by atoms with Gasteiger partial charge in [-0.25, -0.2) is 0 Å². The van der Waals surface area contributed by atoms with Gasteiger partial charge in [-0.2, -0.15) is 0 Å². The molecule has 2 aromatic carbocycles. The SMILES string of the molecule is CCC=C(CC)P(c1ccccc1)c1ccccc1.[Cl-].[Cl-].[Cl-].[Cl-].[Zr+4]. The first-order chi connectivity index (χ1) is 9.36. The molecule has 0 fully saturated rings. The van der Waals surface area contributed by atoms with Crippen LogP contribution in [0.1, 0.15) is 26.7 Å². The predicted octanol–water partition coefficient (Wildman–Crippen LogP) is -7.16. The Morgan fingerprint density at radius 1 is 0.750 bits per heavy atom. The molecule has 130 valence electrons. The molecule has 0 atom stereocenters. The number of allylic oxidation sites excluding steroid dienone is 2. The van der Waals surface area contributed by atoms with Gasteiger partial charge in [0.1, 0.15) is 0 Å². The minimum absolute atomic E-state index is 0. The van der Waals surface area contributed by atoms with Crippen LogP contribution in [0.25, 0.3) is 0 Å². The van der Waals surface area contributed by atoms with Gasteiger partial charge in [-0.15, -0.1) is 0 Å². The number of hydrogen-bond acceptors (Lipinski definition) is 0. The van der Waals surface area contributed by atoms with Crippen molar-refractivity contribution < 1.29 is 75.8 Å². The molecule has 2 rings (SSSR count). The Balaban J connectivity index is -0.000000400. The van der Waals surface area contributed by atoms with E-state index in [9.17, 15) is 0 Å². The predicted molar refractivity (Wildman–Crippen MR) is 87.7 cm³/mol. The van der Waals surface area contributed by atoms with E-state index in [1.165, 1.54) is 10.6 Å². The molecule has 2 aromatic rings. The minimum Gasteiger partial charge on any atom is -1.00 e. The van der Waals surface area contributed by atoms with Gasteiger partial charge in [0, 0.05) is 0 Å². The topological polar surface area (TPSA) is 0 Å². The summed E-state index contributed by atoms with van der Waals surface area (Å²) >= 11 is 0. The molecule has 24 heavy (non-hydrogen) atoms. The van der Waals surface area contributed by atoms with Crippen molar-refractivity contribution in [3.8, 4) is 0 Å². The number of benzene rings is 2. The third kappa shape index (κ3) is 9.38. The van der Waals surface area contributed by atoms with E-state index in [1.54, 1.807) is 5.31 Å². The van der Waals surface area contributed by atoms with Crippen LogP contribution in [-0.4, -0.2) is 0 Å². The second-order valence-electron chi connectivity index (χ2n) is 4.46. The molecule has 0 saturated heterocycles. The van der Waals surface area contributed by atoms with Gasteiger partial charge in [0.15, 0.2) is 0 Å².